The number of hydrogen-bond donors (Lipinski definition) is 1. The number of hydrogen-bond acceptors (Lipinski definition) is 8. The van der Waals surface area contributed by atoms with Gasteiger partial charge in [-0.15, -0.1) is 0 Å². The smallest absolute Gasteiger partial charge is 0.348 e. The molecule has 2 aromatic carbocycles. The highest BCUT2D eigenvalue weighted by Crippen LogP contribution is 2.35. The maximum absolute atomic E-state index is 12.1. The summed E-state index contributed by atoms with van der Waals surface area (Å²) in [5.41, 5.74) is 3.42. The molecule has 172 valence electrons. The highest BCUT2D eigenvalue weighted by atomic mass is 16.6. The van der Waals surface area contributed by atoms with Crippen molar-refractivity contribution < 1.29 is 4.92 Å². The minimum atomic E-state index is -0.405. The van der Waals surface area contributed by atoms with Gasteiger partial charge in [-0.2, -0.15) is 0 Å². The molecule has 1 saturated heterocycles. The lowest BCUT2D eigenvalue weighted by Crippen LogP contribution is -2.46. The minimum Gasteiger partial charge on any atom is -0.348 e. The topological polar surface area (TPSA) is 100 Å². The third kappa shape index (κ3) is 4.51. The molecule has 9 heteroatoms. The van der Waals surface area contributed by atoms with E-state index in [1.54, 1.807) is 0 Å². The standard InChI is InChI=1S/C25H25N7O2/c1-18-10-11-20-8-5-9-21(22(20)28-18)29-24-23(32(33)34)25(27-17-26-24)31-14-12-30(13-15-31)16-19-6-3-2-4-7-19/h2-11,17H,12-16H2,1H3,(H,26,27,29). The Morgan fingerprint density at radius 1 is 0.971 bits per heavy atom. The summed E-state index contributed by atoms with van der Waals surface area (Å²) in [5, 5.41) is 16.2. The summed E-state index contributed by atoms with van der Waals surface area (Å²) in [6.07, 6.45) is 1.38. The van der Waals surface area contributed by atoms with Gasteiger partial charge in [0.05, 0.1) is 16.1 Å². The summed E-state index contributed by atoms with van der Waals surface area (Å²) in [7, 11) is 0. The van der Waals surface area contributed by atoms with Gasteiger partial charge in [-0.05, 0) is 24.6 Å². The van der Waals surface area contributed by atoms with Crippen molar-refractivity contribution in [2.75, 3.05) is 36.4 Å². The van der Waals surface area contributed by atoms with Crippen LogP contribution < -0.4 is 10.2 Å². The second-order valence-corrected chi connectivity index (χ2v) is 8.36. The maximum atomic E-state index is 12.1. The Balaban J connectivity index is 1.39. The van der Waals surface area contributed by atoms with E-state index in [-0.39, 0.29) is 11.5 Å². The van der Waals surface area contributed by atoms with Gasteiger partial charge in [-0.25, -0.2) is 9.97 Å². The fraction of sp³-hybridized carbons (Fsp3) is 0.240. The van der Waals surface area contributed by atoms with Crippen LogP contribution in [0, 0.1) is 17.0 Å². The van der Waals surface area contributed by atoms with Crippen molar-refractivity contribution in [3.63, 3.8) is 0 Å². The zero-order chi connectivity index (χ0) is 23.5. The van der Waals surface area contributed by atoms with Gasteiger partial charge in [0.25, 0.3) is 0 Å². The Morgan fingerprint density at radius 3 is 2.53 bits per heavy atom. The number of para-hydroxylation sites is 1. The van der Waals surface area contributed by atoms with Crippen molar-refractivity contribution in [2.45, 2.75) is 13.5 Å². The Bertz CT molecular complexity index is 1320. The van der Waals surface area contributed by atoms with E-state index in [0.29, 0.717) is 24.6 Å². The van der Waals surface area contributed by atoms with Crippen LogP contribution in [0.2, 0.25) is 0 Å². The predicted molar refractivity (Wildman–Crippen MR) is 132 cm³/mol. The average Bonchev–Trinajstić information content (AvgIpc) is 2.85. The van der Waals surface area contributed by atoms with Gasteiger partial charge < -0.3 is 10.2 Å². The largest absolute Gasteiger partial charge is 0.353 e. The number of nitrogens with one attached hydrogen (secondary N) is 1. The zero-order valence-corrected chi connectivity index (χ0v) is 18.9. The van der Waals surface area contributed by atoms with Crippen LogP contribution in [-0.4, -0.2) is 51.0 Å². The van der Waals surface area contributed by atoms with E-state index >= 15 is 0 Å². The molecule has 0 bridgehead atoms. The first-order chi connectivity index (χ1) is 16.6. The number of aryl methyl sites for hydroxylation is 1. The molecule has 1 fully saturated rings. The van der Waals surface area contributed by atoms with E-state index in [1.165, 1.54) is 11.9 Å². The third-order valence-electron chi connectivity index (χ3n) is 6.02. The lowest BCUT2D eigenvalue weighted by molar-refractivity contribution is -0.383. The van der Waals surface area contributed by atoms with Crippen LogP contribution in [0.15, 0.2) is 67.0 Å². The molecule has 0 radical (unpaired) electrons. The molecule has 0 aliphatic carbocycles. The number of anilines is 3. The molecule has 1 N–H and O–H groups in total. The molecule has 34 heavy (non-hydrogen) atoms. The highest BCUT2D eigenvalue weighted by molar-refractivity contribution is 5.93. The molecule has 1 aliphatic rings. The Labute approximate surface area is 197 Å². The molecule has 3 heterocycles. The van der Waals surface area contributed by atoms with Crippen molar-refractivity contribution >= 4 is 33.9 Å². The van der Waals surface area contributed by atoms with E-state index in [4.69, 9.17) is 0 Å². The molecule has 0 amide bonds. The number of benzene rings is 2. The van der Waals surface area contributed by atoms with E-state index in [0.717, 1.165) is 36.2 Å². The van der Waals surface area contributed by atoms with Gasteiger partial charge in [0, 0.05) is 43.8 Å². The van der Waals surface area contributed by atoms with Crippen LogP contribution >= 0.6 is 0 Å². The molecular formula is C25H25N7O2. The number of nitro groups is 1. The first-order valence-corrected chi connectivity index (χ1v) is 11.2. The summed E-state index contributed by atoms with van der Waals surface area (Å²) in [6.45, 7) is 5.68. The summed E-state index contributed by atoms with van der Waals surface area (Å²) in [6, 6.07) is 19.9. The first-order valence-electron chi connectivity index (χ1n) is 11.2. The second kappa shape index (κ2) is 9.40. The summed E-state index contributed by atoms with van der Waals surface area (Å²) >= 11 is 0. The van der Waals surface area contributed by atoms with Gasteiger partial charge >= 0.3 is 5.69 Å². The molecule has 0 unspecified atom stereocenters. The normalized spacial score (nSPS) is 14.3. The quantitative estimate of drug-likeness (QED) is 0.339. The molecule has 0 saturated carbocycles. The number of aromatic nitrogens is 3. The van der Waals surface area contributed by atoms with Crippen molar-refractivity contribution in [1.29, 1.82) is 0 Å². The maximum Gasteiger partial charge on any atom is 0.353 e. The summed E-state index contributed by atoms with van der Waals surface area (Å²) in [4.78, 5) is 29.2. The van der Waals surface area contributed by atoms with Crippen molar-refractivity contribution in [1.82, 2.24) is 19.9 Å². The van der Waals surface area contributed by atoms with Crippen LogP contribution in [0.5, 0.6) is 0 Å². The fourth-order valence-electron chi connectivity index (χ4n) is 4.29. The van der Waals surface area contributed by atoms with E-state index < -0.39 is 4.92 Å². The molecule has 0 spiro atoms. The highest BCUT2D eigenvalue weighted by Gasteiger charge is 2.29. The monoisotopic (exact) mass is 455 g/mol. The molecule has 5 rings (SSSR count). The van der Waals surface area contributed by atoms with E-state index in [9.17, 15) is 10.1 Å². The van der Waals surface area contributed by atoms with Gasteiger partial charge in [0.15, 0.2) is 0 Å². The lowest BCUT2D eigenvalue weighted by Gasteiger charge is -2.35. The van der Waals surface area contributed by atoms with Crippen LogP contribution in [0.4, 0.5) is 23.0 Å². The van der Waals surface area contributed by atoms with Gasteiger partial charge in [0.2, 0.25) is 11.6 Å². The van der Waals surface area contributed by atoms with Gasteiger partial charge in [0.1, 0.15) is 6.33 Å². The number of fused-ring (bicyclic) bond motifs is 1. The van der Waals surface area contributed by atoms with Crippen molar-refractivity contribution in [2.24, 2.45) is 0 Å². The van der Waals surface area contributed by atoms with Gasteiger partial charge in [-0.3, -0.25) is 20.0 Å². The van der Waals surface area contributed by atoms with Crippen molar-refractivity contribution in [3.8, 4) is 0 Å². The first kappa shape index (κ1) is 21.7. The van der Waals surface area contributed by atoms with Crippen molar-refractivity contribution in [3.05, 3.63) is 88.4 Å². The molecule has 0 atom stereocenters. The molecular weight excluding hydrogens is 430 g/mol. The third-order valence-corrected chi connectivity index (χ3v) is 6.02. The predicted octanol–water partition coefficient (Wildman–Crippen LogP) is 4.31. The molecule has 4 aromatic rings. The van der Waals surface area contributed by atoms with Crippen LogP contribution in [0.25, 0.3) is 10.9 Å². The molecule has 1 aliphatic heterocycles. The van der Waals surface area contributed by atoms with Crippen LogP contribution in [0.3, 0.4) is 0 Å². The lowest BCUT2D eigenvalue weighted by atomic mass is 10.1. The molecule has 9 nitrogen and oxygen atoms in total. The summed E-state index contributed by atoms with van der Waals surface area (Å²) < 4.78 is 0. The average molecular weight is 456 g/mol. The van der Waals surface area contributed by atoms with Gasteiger partial charge in [-0.1, -0.05) is 48.5 Å². The Kier molecular flexibility index (Phi) is 6.01. The van der Waals surface area contributed by atoms with E-state index in [2.05, 4.69) is 37.3 Å². The fourth-order valence-corrected chi connectivity index (χ4v) is 4.29. The van der Waals surface area contributed by atoms with Crippen LogP contribution in [0.1, 0.15) is 11.3 Å². The van der Waals surface area contributed by atoms with E-state index in [1.807, 2.05) is 60.4 Å². The Morgan fingerprint density at radius 2 is 1.76 bits per heavy atom. The molecule has 2 aromatic heterocycles. The second-order valence-electron chi connectivity index (χ2n) is 8.36. The SMILES string of the molecule is Cc1ccc2cccc(Nc3ncnc(N4CCN(Cc5ccccc5)CC4)c3[N+](=O)[O-])c2n1. The number of pyridine rings is 1. The number of rotatable bonds is 6. The minimum absolute atomic E-state index is 0.122. The van der Waals surface area contributed by atoms with Crippen LogP contribution in [-0.2, 0) is 6.54 Å². The number of piperazine rings is 1. The Hall–Kier alpha value is -4.11. The number of nitrogens with zero attached hydrogens (tertiary/aromatic N) is 6. The summed E-state index contributed by atoms with van der Waals surface area (Å²) in [5.74, 6) is 0.503. The zero-order valence-electron chi connectivity index (χ0n) is 18.9.